The van der Waals surface area contributed by atoms with Gasteiger partial charge in [-0.25, -0.2) is 4.79 Å². The van der Waals surface area contributed by atoms with Crippen LogP contribution < -0.4 is 22.1 Å². The van der Waals surface area contributed by atoms with Crippen LogP contribution in [0.1, 0.15) is 59.8 Å². The van der Waals surface area contributed by atoms with Gasteiger partial charge in [0.2, 0.25) is 23.6 Å². The second kappa shape index (κ2) is 12.4. The van der Waals surface area contributed by atoms with E-state index in [9.17, 15) is 29.1 Å². The number of carboxylic acid groups (broad SMARTS) is 1. The maximum absolute atomic E-state index is 13.1. The number of primary amides is 1. The van der Waals surface area contributed by atoms with E-state index in [2.05, 4.69) is 10.6 Å². The molecule has 1 heterocycles. The van der Waals surface area contributed by atoms with E-state index < -0.39 is 60.2 Å². The SMILES string of the molecule is CC(C)CC(N)C(=O)NC(CC(N)=O)C(=O)NC(CC(C)C)C(=O)N1CCCC1C(=O)O. The number of aliphatic carboxylic acids is 1. The standard InChI is InChI=1S/C21H37N5O6/c1-11(2)8-13(22)18(28)24-14(10-17(23)27)19(29)25-15(9-12(3)4)20(30)26-7-5-6-16(26)21(31)32/h11-16H,5-10,22H2,1-4H3,(H2,23,27)(H,24,28)(H,25,29)(H,31,32). The number of nitrogens with one attached hydrogen (secondary N) is 2. The summed E-state index contributed by atoms with van der Waals surface area (Å²) in [7, 11) is 0. The summed E-state index contributed by atoms with van der Waals surface area (Å²) in [5.41, 5.74) is 11.1. The van der Waals surface area contributed by atoms with Crippen LogP contribution in [-0.2, 0) is 24.0 Å². The number of hydrogen-bond acceptors (Lipinski definition) is 6. The van der Waals surface area contributed by atoms with Crippen LogP contribution in [0.3, 0.4) is 0 Å². The van der Waals surface area contributed by atoms with Gasteiger partial charge in [-0.2, -0.15) is 0 Å². The molecule has 0 aromatic carbocycles. The fraction of sp³-hybridized carbons (Fsp3) is 0.762. The molecule has 182 valence electrons. The molecule has 1 rings (SSSR count). The number of hydrogen-bond donors (Lipinski definition) is 5. The summed E-state index contributed by atoms with van der Waals surface area (Å²) in [5, 5.41) is 14.4. The first-order chi connectivity index (χ1) is 14.8. The predicted molar refractivity (Wildman–Crippen MR) is 117 cm³/mol. The van der Waals surface area contributed by atoms with Crippen molar-refractivity contribution in [2.45, 2.75) is 84.0 Å². The van der Waals surface area contributed by atoms with Crippen molar-refractivity contribution in [1.29, 1.82) is 0 Å². The van der Waals surface area contributed by atoms with Crippen molar-refractivity contribution in [3.8, 4) is 0 Å². The van der Waals surface area contributed by atoms with Gasteiger partial charge in [0.1, 0.15) is 18.1 Å². The van der Waals surface area contributed by atoms with Gasteiger partial charge in [0.15, 0.2) is 0 Å². The van der Waals surface area contributed by atoms with Crippen LogP contribution in [0.4, 0.5) is 0 Å². The summed E-state index contributed by atoms with van der Waals surface area (Å²) in [6, 6.07) is -4.11. The van der Waals surface area contributed by atoms with Crippen molar-refractivity contribution in [3.05, 3.63) is 0 Å². The zero-order valence-electron chi connectivity index (χ0n) is 19.3. The van der Waals surface area contributed by atoms with Gasteiger partial charge in [-0.15, -0.1) is 0 Å². The lowest BCUT2D eigenvalue weighted by atomic mass is 10.0. The van der Waals surface area contributed by atoms with Gasteiger partial charge in [-0.1, -0.05) is 27.7 Å². The van der Waals surface area contributed by atoms with E-state index in [1.165, 1.54) is 4.90 Å². The van der Waals surface area contributed by atoms with Gasteiger partial charge in [0, 0.05) is 6.54 Å². The Labute approximate surface area is 188 Å². The normalized spacial score (nSPS) is 18.8. The maximum atomic E-state index is 13.1. The molecule has 11 nitrogen and oxygen atoms in total. The molecule has 0 spiro atoms. The Morgan fingerprint density at radius 2 is 1.53 bits per heavy atom. The number of nitrogens with two attached hydrogens (primary N) is 2. The molecule has 11 heteroatoms. The third-order valence-corrected chi connectivity index (χ3v) is 5.24. The smallest absolute Gasteiger partial charge is 0.326 e. The Morgan fingerprint density at radius 3 is 2.03 bits per heavy atom. The highest BCUT2D eigenvalue weighted by Gasteiger charge is 2.38. The number of carboxylic acids is 1. The van der Waals surface area contributed by atoms with E-state index in [0.717, 1.165) is 0 Å². The van der Waals surface area contributed by atoms with Crippen LogP contribution >= 0.6 is 0 Å². The molecule has 32 heavy (non-hydrogen) atoms. The molecule has 4 atom stereocenters. The van der Waals surface area contributed by atoms with Crippen LogP contribution in [0.25, 0.3) is 0 Å². The second-order valence-corrected chi connectivity index (χ2v) is 9.19. The van der Waals surface area contributed by atoms with Crippen LogP contribution in [0.5, 0.6) is 0 Å². The molecule has 0 aromatic heterocycles. The lowest BCUT2D eigenvalue weighted by molar-refractivity contribution is -0.149. The van der Waals surface area contributed by atoms with Gasteiger partial charge in [-0.05, 0) is 37.5 Å². The maximum Gasteiger partial charge on any atom is 0.326 e. The molecule has 4 unspecified atom stereocenters. The molecular formula is C21H37N5O6. The van der Waals surface area contributed by atoms with E-state index in [1.54, 1.807) is 0 Å². The summed E-state index contributed by atoms with van der Waals surface area (Å²) in [6.45, 7) is 7.79. The molecule has 0 aromatic rings. The lowest BCUT2D eigenvalue weighted by Crippen LogP contribution is -2.58. The average Bonchev–Trinajstić information content (AvgIpc) is 3.15. The van der Waals surface area contributed by atoms with Gasteiger partial charge in [0.05, 0.1) is 12.5 Å². The van der Waals surface area contributed by atoms with Crippen LogP contribution in [0.15, 0.2) is 0 Å². The minimum absolute atomic E-state index is 0.0128. The number of nitrogens with zero attached hydrogens (tertiary/aromatic N) is 1. The Kier molecular flexibility index (Phi) is 10.6. The first-order valence-corrected chi connectivity index (χ1v) is 11.0. The summed E-state index contributed by atoms with van der Waals surface area (Å²) in [4.78, 5) is 62.6. The van der Waals surface area contributed by atoms with E-state index in [0.29, 0.717) is 19.3 Å². The molecule has 4 amide bonds. The van der Waals surface area contributed by atoms with E-state index in [1.807, 2.05) is 27.7 Å². The number of carbonyl (C=O) groups is 5. The average molecular weight is 456 g/mol. The Morgan fingerprint density at radius 1 is 0.969 bits per heavy atom. The van der Waals surface area contributed by atoms with Crippen molar-refractivity contribution in [1.82, 2.24) is 15.5 Å². The van der Waals surface area contributed by atoms with E-state index in [4.69, 9.17) is 11.5 Å². The lowest BCUT2D eigenvalue weighted by Gasteiger charge is -2.29. The van der Waals surface area contributed by atoms with Gasteiger partial charge in [0.25, 0.3) is 0 Å². The minimum atomic E-state index is -1.30. The molecule has 0 aliphatic carbocycles. The molecule has 0 bridgehead atoms. The van der Waals surface area contributed by atoms with Crippen LogP contribution in [0, 0.1) is 11.8 Å². The molecule has 0 saturated carbocycles. The fourth-order valence-electron chi connectivity index (χ4n) is 3.76. The van der Waals surface area contributed by atoms with Crippen molar-refractivity contribution < 1.29 is 29.1 Å². The van der Waals surface area contributed by atoms with Crippen LogP contribution in [-0.4, -0.2) is 70.3 Å². The van der Waals surface area contributed by atoms with Crippen molar-refractivity contribution in [3.63, 3.8) is 0 Å². The molecule has 1 aliphatic heterocycles. The van der Waals surface area contributed by atoms with Crippen LogP contribution in [0.2, 0.25) is 0 Å². The Balaban J connectivity index is 3.00. The van der Waals surface area contributed by atoms with Gasteiger partial charge >= 0.3 is 5.97 Å². The first kappa shape index (κ1) is 27.3. The van der Waals surface area contributed by atoms with Crippen molar-refractivity contribution in [2.75, 3.05) is 6.54 Å². The van der Waals surface area contributed by atoms with Gasteiger partial charge in [-0.3, -0.25) is 19.2 Å². The zero-order chi connectivity index (χ0) is 24.6. The number of likely N-dealkylation sites (tertiary alicyclic amines) is 1. The van der Waals surface area contributed by atoms with E-state index in [-0.39, 0.29) is 24.8 Å². The molecule has 1 saturated heterocycles. The second-order valence-electron chi connectivity index (χ2n) is 9.19. The monoisotopic (exact) mass is 455 g/mol. The summed E-state index contributed by atoms with van der Waals surface area (Å²) >= 11 is 0. The Hall–Kier alpha value is -2.69. The minimum Gasteiger partial charge on any atom is -0.480 e. The van der Waals surface area contributed by atoms with Crippen molar-refractivity contribution in [2.24, 2.45) is 23.3 Å². The third kappa shape index (κ3) is 8.45. The summed E-state index contributed by atoms with van der Waals surface area (Å²) in [5.74, 6) is -3.59. The molecule has 1 aliphatic rings. The van der Waals surface area contributed by atoms with Crippen molar-refractivity contribution >= 4 is 29.6 Å². The Bertz CT molecular complexity index is 711. The third-order valence-electron chi connectivity index (χ3n) is 5.24. The number of amides is 4. The molecule has 7 N–H and O–H groups in total. The summed E-state index contributed by atoms with van der Waals surface area (Å²) < 4.78 is 0. The number of rotatable bonds is 12. The topological polar surface area (TPSA) is 185 Å². The van der Waals surface area contributed by atoms with Gasteiger partial charge < -0.3 is 32.1 Å². The molecule has 0 radical (unpaired) electrons. The summed E-state index contributed by atoms with van der Waals surface area (Å²) in [6.07, 6.45) is 1.08. The number of carbonyl (C=O) groups excluding carboxylic acids is 4. The largest absolute Gasteiger partial charge is 0.480 e. The highest BCUT2D eigenvalue weighted by molar-refractivity contribution is 5.96. The highest BCUT2D eigenvalue weighted by Crippen LogP contribution is 2.20. The fourth-order valence-corrected chi connectivity index (χ4v) is 3.76. The molecular weight excluding hydrogens is 418 g/mol. The highest BCUT2D eigenvalue weighted by atomic mass is 16.4. The first-order valence-electron chi connectivity index (χ1n) is 11.0. The predicted octanol–water partition coefficient (Wildman–Crippen LogP) is -0.673. The molecule has 1 fully saturated rings. The quantitative estimate of drug-likeness (QED) is 0.258. The van der Waals surface area contributed by atoms with E-state index >= 15 is 0 Å². The zero-order valence-corrected chi connectivity index (χ0v) is 19.3.